The molecular formula is C15H17FN2O2. The van der Waals surface area contributed by atoms with E-state index in [-0.39, 0.29) is 17.3 Å². The summed E-state index contributed by atoms with van der Waals surface area (Å²) in [5.74, 6) is 0.539. The summed E-state index contributed by atoms with van der Waals surface area (Å²) in [7, 11) is 0. The van der Waals surface area contributed by atoms with Crippen LogP contribution in [0.2, 0.25) is 0 Å². The Bertz CT molecular complexity index is 626. The van der Waals surface area contributed by atoms with Gasteiger partial charge in [-0.15, -0.1) is 0 Å². The second kappa shape index (κ2) is 5.36. The van der Waals surface area contributed by atoms with Crippen LogP contribution in [-0.4, -0.2) is 5.91 Å². The number of anilines is 1. The van der Waals surface area contributed by atoms with Crippen LogP contribution in [0.1, 0.15) is 40.4 Å². The van der Waals surface area contributed by atoms with E-state index < -0.39 is 11.7 Å². The number of carbonyl (C=O) groups is 1. The van der Waals surface area contributed by atoms with Crippen LogP contribution in [0.15, 0.2) is 28.7 Å². The first-order chi connectivity index (χ1) is 9.38. The van der Waals surface area contributed by atoms with E-state index in [4.69, 9.17) is 10.2 Å². The molecule has 3 N–H and O–H groups in total. The van der Waals surface area contributed by atoms with Gasteiger partial charge in [0.15, 0.2) is 0 Å². The van der Waals surface area contributed by atoms with Crippen molar-refractivity contribution in [2.45, 2.75) is 26.8 Å². The van der Waals surface area contributed by atoms with Gasteiger partial charge in [0.25, 0.3) is 5.91 Å². The minimum Gasteiger partial charge on any atom is -0.464 e. The van der Waals surface area contributed by atoms with Crippen molar-refractivity contribution in [2.24, 2.45) is 0 Å². The van der Waals surface area contributed by atoms with Gasteiger partial charge in [-0.25, -0.2) is 4.39 Å². The summed E-state index contributed by atoms with van der Waals surface area (Å²) in [6.07, 6.45) is 0. The number of nitrogens with two attached hydrogens (primary N) is 1. The Balaban J connectivity index is 2.16. The fourth-order valence-corrected chi connectivity index (χ4v) is 1.87. The molecule has 0 aliphatic heterocycles. The van der Waals surface area contributed by atoms with E-state index >= 15 is 0 Å². The lowest BCUT2D eigenvalue weighted by Gasteiger charge is -2.12. The molecule has 5 heteroatoms. The molecule has 0 saturated carbocycles. The Morgan fingerprint density at radius 3 is 2.60 bits per heavy atom. The Morgan fingerprint density at radius 1 is 1.35 bits per heavy atom. The molecule has 1 amide bonds. The standard InChI is InChI=1S/C15H17FN2O2/c1-8-4-5-14(20-8)10(3)18-15(19)11-6-12(16)9(2)13(17)7-11/h4-7,10H,17H2,1-3H3,(H,18,19). The number of nitrogens with one attached hydrogen (secondary N) is 1. The zero-order valence-electron chi connectivity index (χ0n) is 11.7. The number of furan rings is 1. The molecule has 106 valence electrons. The second-order valence-corrected chi connectivity index (χ2v) is 4.82. The largest absolute Gasteiger partial charge is 0.464 e. The number of amides is 1. The molecule has 4 nitrogen and oxygen atoms in total. The number of aryl methyl sites for hydroxylation is 1. The van der Waals surface area contributed by atoms with Crippen molar-refractivity contribution in [3.63, 3.8) is 0 Å². The lowest BCUT2D eigenvalue weighted by molar-refractivity contribution is 0.0934. The van der Waals surface area contributed by atoms with E-state index in [2.05, 4.69) is 5.32 Å². The molecule has 0 aliphatic carbocycles. The normalized spacial score (nSPS) is 12.2. The van der Waals surface area contributed by atoms with Gasteiger partial charge in [-0.2, -0.15) is 0 Å². The van der Waals surface area contributed by atoms with Crippen LogP contribution in [0.25, 0.3) is 0 Å². The van der Waals surface area contributed by atoms with Crippen LogP contribution in [0.3, 0.4) is 0 Å². The van der Waals surface area contributed by atoms with Crippen molar-refractivity contribution in [1.29, 1.82) is 0 Å². The fraction of sp³-hybridized carbons (Fsp3) is 0.267. The van der Waals surface area contributed by atoms with Gasteiger partial charge in [0.05, 0.1) is 6.04 Å². The Kier molecular flexibility index (Phi) is 3.79. The third-order valence-electron chi connectivity index (χ3n) is 3.18. The Labute approximate surface area is 116 Å². The van der Waals surface area contributed by atoms with Crippen LogP contribution < -0.4 is 11.1 Å². The maximum Gasteiger partial charge on any atom is 0.252 e. The highest BCUT2D eigenvalue weighted by Crippen LogP contribution is 2.19. The number of hydrogen-bond acceptors (Lipinski definition) is 3. The first-order valence-corrected chi connectivity index (χ1v) is 6.31. The molecular weight excluding hydrogens is 259 g/mol. The van der Waals surface area contributed by atoms with Gasteiger partial charge >= 0.3 is 0 Å². The smallest absolute Gasteiger partial charge is 0.252 e. The van der Waals surface area contributed by atoms with Gasteiger partial charge in [-0.3, -0.25) is 4.79 Å². The quantitative estimate of drug-likeness (QED) is 0.846. The predicted molar refractivity (Wildman–Crippen MR) is 74.9 cm³/mol. The molecule has 1 atom stereocenters. The molecule has 2 rings (SSSR count). The van der Waals surface area contributed by atoms with E-state index in [9.17, 15) is 9.18 Å². The SMILES string of the molecule is Cc1ccc(C(C)NC(=O)c2cc(N)c(C)c(F)c2)o1. The summed E-state index contributed by atoms with van der Waals surface area (Å²) in [6, 6.07) is 5.96. The van der Waals surface area contributed by atoms with Crippen LogP contribution in [-0.2, 0) is 0 Å². The lowest BCUT2D eigenvalue weighted by atomic mass is 10.1. The highest BCUT2D eigenvalue weighted by molar-refractivity contribution is 5.95. The lowest BCUT2D eigenvalue weighted by Crippen LogP contribution is -2.26. The van der Waals surface area contributed by atoms with Crippen molar-refractivity contribution < 1.29 is 13.6 Å². The number of hydrogen-bond donors (Lipinski definition) is 2. The average molecular weight is 276 g/mol. The van der Waals surface area contributed by atoms with Gasteiger partial charge in [-0.1, -0.05) is 0 Å². The van der Waals surface area contributed by atoms with Crippen LogP contribution in [0.4, 0.5) is 10.1 Å². The van der Waals surface area contributed by atoms with Crippen LogP contribution >= 0.6 is 0 Å². The van der Waals surface area contributed by atoms with Crippen LogP contribution in [0.5, 0.6) is 0 Å². The number of nitrogen functional groups attached to an aromatic ring is 1. The van der Waals surface area contributed by atoms with E-state index in [1.165, 1.54) is 12.1 Å². The molecule has 0 fully saturated rings. The molecule has 2 aromatic rings. The number of benzene rings is 1. The topological polar surface area (TPSA) is 68.3 Å². The molecule has 0 aliphatic rings. The minimum atomic E-state index is -0.489. The minimum absolute atomic E-state index is 0.195. The monoisotopic (exact) mass is 276 g/mol. The third kappa shape index (κ3) is 2.82. The van der Waals surface area contributed by atoms with Gasteiger partial charge in [0.2, 0.25) is 0 Å². The molecule has 0 bridgehead atoms. The van der Waals surface area contributed by atoms with Crippen LogP contribution in [0, 0.1) is 19.7 Å². The van der Waals surface area contributed by atoms with E-state index in [1.54, 1.807) is 19.9 Å². The maximum absolute atomic E-state index is 13.6. The zero-order valence-corrected chi connectivity index (χ0v) is 11.7. The highest BCUT2D eigenvalue weighted by atomic mass is 19.1. The molecule has 0 spiro atoms. The van der Waals surface area contributed by atoms with Crippen molar-refractivity contribution in [1.82, 2.24) is 5.32 Å². The fourth-order valence-electron chi connectivity index (χ4n) is 1.87. The van der Waals surface area contributed by atoms with Crippen molar-refractivity contribution in [2.75, 3.05) is 5.73 Å². The Morgan fingerprint density at radius 2 is 2.05 bits per heavy atom. The second-order valence-electron chi connectivity index (χ2n) is 4.82. The van der Waals surface area contributed by atoms with Gasteiger partial charge in [-0.05, 0) is 45.0 Å². The summed E-state index contributed by atoms with van der Waals surface area (Å²) < 4.78 is 19.0. The summed E-state index contributed by atoms with van der Waals surface area (Å²) in [5, 5.41) is 2.74. The predicted octanol–water partition coefficient (Wildman–Crippen LogP) is 3.11. The van der Waals surface area contributed by atoms with E-state index in [0.717, 1.165) is 5.76 Å². The molecule has 0 radical (unpaired) electrons. The molecule has 1 aromatic heterocycles. The first-order valence-electron chi connectivity index (χ1n) is 6.31. The average Bonchev–Trinajstić information content (AvgIpc) is 2.82. The number of halogens is 1. The number of carbonyl (C=O) groups excluding carboxylic acids is 1. The maximum atomic E-state index is 13.6. The van der Waals surface area contributed by atoms with E-state index in [1.807, 2.05) is 13.0 Å². The molecule has 1 heterocycles. The first kappa shape index (κ1) is 14.1. The van der Waals surface area contributed by atoms with Gasteiger partial charge in [0, 0.05) is 16.8 Å². The molecule has 1 unspecified atom stereocenters. The van der Waals surface area contributed by atoms with Crippen molar-refractivity contribution in [3.8, 4) is 0 Å². The summed E-state index contributed by atoms with van der Waals surface area (Å²) >= 11 is 0. The number of rotatable bonds is 3. The molecule has 20 heavy (non-hydrogen) atoms. The zero-order chi connectivity index (χ0) is 14.9. The van der Waals surface area contributed by atoms with E-state index in [0.29, 0.717) is 11.3 Å². The van der Waals surface area contributed by atoms with Gasteiger partial charge in [0.1, 0.15) is 17.3 Å². The Hall–Kier alpha value is -2.30. The molecule has 1 aromatic carbocycles. The van der Waals surface area contributed by atoms with Crippen molar-refractivity contribution >= 4 is 11.6 Å². The summed E-state index contributed by atoms with van der Waals surface area (Å²) in [5.41, 5.74) is 6.47. The third-order valence-corrected chi connectivity index (χ3v) is 3.18. The summed E-state index contributed by atoms with van der Waals surface area (Å²) in [6.45, 7) is 5.19. The summed E-state index contributed by atoms with van der Waals surface area (Å²) in [4.78, 5) is 12.1. The molecule has 0 saturated heterocycles. The van der Waals surface area contributed by atoms with Gasteiger partial charge < -0.3 is 15.5 Å². The van der Waals surface area contributed by atoms with Crippen molar-refractivity contribution in [3.05, 3.63) is 52.7 Å². The highest BCUT2D eigenvalue weighted by Gasteiger charge is 2.16.